The van der Waals surface area contributed by atoms with Crippen molar-refractivity contribution in [1.29, 1.82) is 0 Å². The van der Waals surface area contributed by atoms with Crippen molar-refractivity contribution in [2.75, 3.05) is 13.1 Å². The zero-order valence-corrected chi connectivity index (χ0v) is 13.2. The van der Waals surface area contributed by atoms with E-state index in [1.807, 2.05) is 42.6 Å². The first-order chi connectivity index (χ1) is 11.7. The molecule has 1 aromatic carbocycles. The third kappa shape index (κ3) is 2.49. The largest absolute Gasteiger partial charge is 0.351 e. The molecule has 0 saturated heterocycles. The number of nitrogens with zero attached hydrogens (tertiary/aromatic N) is 2. The molecule has 3 N–H and O–H groups in total. The molecule has 0 aliphatic carbocycles. The topological polar surface area (TPSA) is 72.9 Å². The highest BCUT2D eigenvalue weighted by Crippen LogP contribution is 2.31. The van der Waals surface area contributed by atoms with Gasteiger partial charge in [0.1, 0.15) is 0 Å². The average molecular weight is 318 g/mol. The van der Waals surface area contributed by atoms with Crippen molar-refractivity contribution in [3.8, 4) is 11.3 Å². The second kappa shape index (κ2) is 5.94. The van der Waals surface area contributed by atoms with E-state index in [1.165, 1.54) is 10.1 Å². The van der Waals surface area contributed by atoms with Crippen molar-refractivity contribution in [3.63, 3.8) is 0 Å². The number of carbonyl (C=O) groups is 1. The van der Waals surface area contributed by atoms with E-state index in [1.54, 1.807) is 6.20 Å². The van der Waals surface area contributed by atoms with Crippen LogP contribution in [0.5, 0.6) is 0 Å². The molecule has 2 aromatic heterocycles. The van der Waals surface area contributed by atoms with Crippen LogP contribution >= 0.6 is 0 Å². The van der Waals surface area contributed by atoms with Gasteiger partial charge >= 0.3 is 6.03 Å². The first-order valence-corrected chi connectivity index (χ1v) is 8.00. The van der Waals surface area contributed by atoms with Crippen LogP contribution in [-0.2, 0) is 0 Å². The predicted octanol–water partition coefficient (Wildman–Crippen LogP) is 3.01. The van der Waals surface area contributed by atoms with Gasteiger partial charge in [0.2, 0.25) is 0 Å². The Balaban J connectivity index is 1.81. The highest BCUT2D eigenvalue weighted by atomic mass is 16.2. The van der Waals surface area contributed by atoms with Gasteiger partial charge in [0.05, 0.1) is 11.4 Å². The summed E-state index contributed by atoms with van der Waals surface area (Å²) >= 11 is 0. The molecule has 0 saturated carbocycles. The van der Waals surface area contributed by atoms with E-state index < -0.39 is 6.03 Å². The maximum Gasteiger partial charge on any atom is 0.323 e. The van der Waals surface area contributed by atoms with E-state index in [2.05, 4.69) is 16.4 Å². The monoisotopic (exact) mass is 318 g/mol. The fraction of sp³-hybridized carbons (Fsp3) is 0.158. The minimum Gasteiger partial charge on any atom is -0.351 e. The van der Waals surface area contributed by atoms with Crippen molar-refractivity contribution < 1.29 is 4.79 Å². The lowest BCUT2D eigenvalue weighted by atomic mass is 10.0. The summed E-state index contributed by atoms with van der Waals surface area (Å²) in [5.74, 6) is 0. The molecular formula is C19H18N4O. The van der Waals surface area contributed by atoms with Crippen molar-refractivity contribution >= 4 is 22.4 Å². The number of hydrogen-bond acceptors (Lipinski definition) is 3. The molecule has 1 amide bonds. The number of hydrogen-bond donors (Lipinski definition) is 2. The Morgan fingerprint density at radius 3 is 2.79 bits per heavy atom. The van der Waals surface area contributed by atoms with E-state index in [-0.39, 0.29) is 0 Å². The normalized spacial score (nSPS) is 14.6. The van der Waals surface area contributed by atoms with Crippen LogP contribution in [0.1, 0.15) is 12.1 Å². The third-order valence-corrected chi connectivity index (χ3v) is 4.39. The maximum atomic E-state index is 11.8. The Morgan fingerprint density at radius 1 is 1.21 bits per heavy atom. The lowest BCUT2D eigenvalue weighted by molar-refractivity contribution is 0.251. The number of aromatic nitrogens is 2. The number of primary amides is 1. The van der Waals surface area contributed by atoms with Gasteiger partial charge in [-0.15, -0.1) is 0 Å². The molecule has 0 radical (unpaired) electrons. The molecule has 5 heteroatoms. The maximum absolute atomic E-state index is 11.8. The quantitative estimate of drug-likeness (QED) is 0.763. The van der Waals surface area contributed by atoms with Crippen molar-refractivity contribution in [1.82, 2.24) is 14.9 Å². The minimum absolute atomic E-state index is 0.494. The highest BCUT2D eigenvalue weighted by molar-refractivity contribution is 6.00. The van der Waals surface area contributed by atoms with Crippen LogP contribution < -0.4 is 11.1 Å². The molecule has 0 spiro atoms. The third-order valence-electron chi connectivity index (χ3n) is 4.39. The van der Waals surface area contributed by atoms with Gasteiger partial charge in [-0.05, 0) is 30.7 Å². The lowest BCUT2D eigenvalue weighted by Gasteiger charge is -2.14. The van der Waals surface area contributed by atoms with Gasteiger partial charge < -0.3 is 11.1 Å². The fourth-order valence-electron chi connectivity index (χ4n) is 3.21. The van der Waals surface area contributed by atoms with Gasteiger partial charge in [0.15, 0.2) is 0 Å². The van der Waals surface area contributed by atoms with Crippen LogP contribution in [0, 0.1) is 0 Å². The number of carbonyl (C=O) groups excluding carboxylic acids is 1. The Kier molecular flexibility index (Phi) is 3.63. The van der Waals surface area contributed by atoms with E-state index in [9.17, 15) is 4.79 Å². The minimum atomic E-state index is -0.494. The number of benzene rings is 1. The fourth-order valence-corrected chi connectivity index (χ4v) is 3.21. The molecule has 3 aromatic rings. The Morgan fingerprint density at radius 2 is 2.08 bits per heavy atom. The molecule has 24 heavy (non-hydrogen) atoms. The van der Waals surface area contributed by atoms with Crippen LogP contribution in [0.4, 0.5) is 4.79 Å². The average Bonchev–Trinajstić information content (AvgIpc) is 3.02. The molecule has 3 heterocycles. The SMILES string of the molecule is NC(=O)n1cc2ccccc2c1-c1ccc(C2=CCNCC2)nc1. The van der Waals surface area contributed by atoms with Gasteiger partial charge in [-0.2, -0.15) is 0 Å². The summed E-state index contributed by atoms with van der Waals surface area (Å²) in [4.78, 5) is 16.4. The van der Waals surface area contributed by atoms with Crippen LogP contribution in [0.2, 0.25) is 0 Å². The van der Waals surface area contributed by atoms with Crippen molar-refractivity contribution in [2.24, 2.45) is 5.73 Å². The van der Waals surface area contributed by atoms with Gasteiger partial charge in [0.25, 0.3) is 0 Å². The summed E-state index contributed by atoms with van der Waals surface area (Å²) in [5, 5.41) is 5.27. The molecular weight excluding hydrogens is 300 g/mol. The first kappa shape index (κ1) is 14.7. The zero-order chi connectivity index (χ0) is 16.5. The standard InChI is InChI=1S/C19H18N4O/c20-19(24)23-12-15-3-1-2-4-16(15)18(23)14-5-6-17(22-11-14)13-7-9-21-10-8-13/h1-7,11-12,21H,8-10H2,(H2,20,24). The molecule has 0 unspecified atom stereocenters. The van der Waals surface area contributed by atoms with E-state index in [0.717, 1.165) is 47.2 Å². The van der Waals surface area contributed by atoms with Gasteiger partial charge in [-0.3, -0.25) is 9.55 Å². The van der Waals surface area contributed by atoms with E-state index >= 15 is 0 Å². The van der Waals surface area contributed by atoms with E-state index in [4.69, 9.17) is 5.73 Å². The summed E-state index contributed by atoms with van der Waals surface area (Å²) in [6.07, 6.45) is 6.75. The van der Waals surface area contributed by atoms with E-state index in [0.29, 0.717) is 0 Å². The predicted molar refractivity (Wildman–Crippen MR) is 95.6 cm³/mol. The number of rotatable bonds is 2. The van der Waals surface area contributed by atoms with Gasteiger partial charge in [-0.25, -0.2) is 4.79 Å². The molecule has 0 bridgehead atoms. The number of fused-ring (bicyclic) bond motifs is 1. The van der Waals surface area contributed by atoms with Crippen LogP contribution in [0.3, 0.4) is 0 Å². The van der Waals surface area contributed by atoms with Crippen LogP contribution in [-0.4, -0.2) is 28.7 Å². The number of amides is 1. The summed E-state index contributed by atoms with van der Waals surface area (Å²) in [6, 6.07) is 11.4. The molecule has 1 aliphatic heterocycles. The summed E-state index contributed by atoms with van der Waals surface area (Å²) in [6.45, 7) is 1.86. The zero-order valence-electron chi connectivity index (χ0n) is 13.2. The van der Waals surface area contributed by atoms with Crippen molar-refractivity contribution in [2.45, 2.75) is 6.42 Å². The summed E-state index contributed by atoms with van der Waals surface area (Å²) < 4.78 is 1.49. The number of nitrogens with one attached hydrogen (secondary N) is 1. The van der Waals surface area contributed by atoms with Crippen LogP contribution in [0.15, 0.2) is 54.9 Å². The Bertz CT molecular complexity index is 938. The molecule has 0 atom stereocenters. The first-order valence-electron chi connectivity index (χ1n) is 8.00. The second-order valence-electron chi connectivity index (χ2n) is 5.89. The molecule has 4 rings (SSSR count). The lowest BCUT2D eigenvalue weighted by Crippen LogP contribution is -2.20. The number of pyridine rings is 1. The van der Waals surface area contributed by atoms with Gasteiger partial charge in [-0.1, -0.05) is 30.3 Å². The Hall–Kier alpha value is -2.92. The molecule has 0 fully saturated rings. The second-order valence-corrected chi connectivity index (χ2v) is 5.89. The number of nitrogens with two attached hydrogens (primary N) is 1. The molecule has 5 nitrogen and oxygen atoms in total. The Labute approximate surface area is 139 Å². The van der Waals surface area contributed by atoms with Gasteiger partial charge in [0, 0.05) is 35.3 Å². The molecule has 120 valence electrons. The molecule has 1 aliphatic rings. The van der Waals surface area contributed by atoms with Crippen LogP contribution in [0.25, 0.3) is 27.6 Å². The smallest absolute Gasteiger partial charge is 0.323 e. The summed E-state index contributed by atoms with van der Waals surface area (Å²) in [7, 11) is 0. The highest BCUT2D eigenvalue weighted by Gasteiger charge is 2.15. The summed E-state index contributed by atoms with van der Waals surface area (Å²) in [5.41, 5.74) is 9.47. The van der Waals surface area contributed by atoms with Crippen molar-refractivity contribution in [3.05, 3.63) is 60.6 Å².